The van der Waals surface area contributed by atoms with Crippen molar-refractivity contribution in [1.29, 1.82) is 0 Å². The fraction of sp³-hybridized carbons (Fsp3) is 0.615. The van der Waals surface area contributed by atoms with E-state index in [4.69, 9.17) is 5.11 Å². The first-order valence-electron chi connectivity index (χ1n) is 6.23. The van der Waals surface area contributed by atoms with Crippen LogP contribution in [0, 0.1) is 11.8 Å². The maximum Gasteiger partial charge on any atom is 0.307 e. The van der Waals surface area contributed by atoms with Gasteiger partial charge in [-0.3, -0.25) is 14.4 Å². The highest BCUT2D eigenvalue weighted by Gasteiger charge is 2.38. The number of aliphatic hydroxyl groups is 1. The van der Waals surface area contributed by atoms with Crippen molar-refractivity contribution in [1.82, 2.24) is 0 Å². The zero-order valence-corrected chi connectivity index (χ0v) is 10.0. The summed E-state index contributed by atoms with van der Waals surface area (Å²) in [6, 6.07) is 0. The Balaban J connectivity index is 2.23. The van der Waals surface area contributed by atoms with Gasteiger partial charge in [-0.1, -0.05) is 12.8 Å². The van der Waals surface area contributed by atoms with E-state index in [0.29, 0.717) is 0 Å². The second-order valence-electron chi connectivity index (χ2n) is 5.03. The summed E-state index contributed by atoms with van der Waals surface area (Å²) in [6.07, 6.45) is 3.18. The molecule has 18 heavy (non-hydrogen) atoms. The number of rotatable bonds is 2. The van der Waals surface area contributed by atoms with E-state index < -0.39 is 23.5 Å². The smallest absolute Gasteiger partial charge is 0.307 e. The Bertz CT molecular complexity index is 409. The van der Waals surface area contributed by atoms with Crippen molar-refractivity contribution in [3.8, 4) is 0 Å². The fourth-order valence-electron chi connectivity index (χ4n) is 2.74. The van der Waals surface area contributed by atoms with Gasteiger partial charge in [0.15, 0.2) is 11.6 Å². The van der Waals surface area contributed by atoms with Gasteiger partial charge in [0, 0.05) is 18.8 Å². The van der Waals surface area contributed by atoms with E-state index in [0.717, 1.165) is 25.7 Å². The molecule has 0 unspecified atom stereocenters. The molecular formula is C13H16O5. The summed E-state index contributed by atoms with van der Waals surface area (Å²) < 4.78 is 0. The molecule has 0 radical (unpaired) electrons. The Kier molecular flexibility index (Phi) is 3.50. The molecule has 0 spiro atoms. The molecule has 0 amide bonds. The lowest BCUT2D eigenvalue weighted by Gasteiger charge is -2.21. The van der Waals surface area contributed by atoms with Gasteiger partial charge < -0.3 is 10.2 Å². The largest absolute Gasteiger partial charge is 0.511 e. The third kappa shape index (κ3) is 2.30. The standard InChI is InChI=1S/C13H16O5/c14-9-5-8(13(17)18)6-10(15)11(9)12(16)7-3-1-2-4-7/h7-8,16H,1-6H2,(H,17,18). The number of aliphatic hydroxyl groups excluding tert-OH is 1. The van der Waals surface area contributed by atoms with Crippen LogP contribution in [0.3, 0.4) is 0 Å². The van der Waals surface area contributed by atoms with Gasteiger partial charge in [0.2, 0.25) is 0 Å². The predicted molar refractivity (Wildman–Crippen MR) is 62.0 cm³/mol. The number of hydrogen-bond donors (Lipinski definition) is 2. The van der Waals surface area contributed by atoms with Crippen molar-refractivity contribution < 1.29 is 24.6 Å². The third-order valence-electron chi connectivity index (χ3n) is 3.77. The van der Waals surface area contributed by atoms with Gasteiger partial charge in [-0.05, 0) is 12.8 Å². The Hall–Kier alpha value is -1.65. The molecule has 2 aliphatic rings. The number of carboxylic acid groups (broad SMARTS) is 1. The average molecular weight is 252 g/mol. The van der Waals surface area contributed by atoms with Crippen molar-refractivity contribution >= 4 is 17.5 Å². The lowest BCUT2D eigenvalue weighted by Crippen LogP contribution is -2.32. The molecule has 0 heterocycles. The normalized spacial score (nSPS) is 25.6. The van der Waals surface area contributed by atoms with E-state index >= 15 is 0 Å². The monoisotopic (exact) mass is 252 g/mol. The van der Waals surface area contributed by atoms with E-state index in [-0.39, 0.29) is 30.1 Å². The van der Waals surface area contributed by atoms with Crippen molar-refractivity contribution in [2.75, 3.05) is 0 Å². The third-order valence-corrected chi connectivity index (χ3v) is 3.77. The molecule has 2 N–H and O–H groups in total. The molecule has 5 nitrogen and oxygen atoms in total. The van der Waals surface area contributed by atoms with Crippen molar-refractivity contribution in [3.63, 3.8) is 0 Å². The molecule has 5 heteroatoms. The van der Waals surface area contributed by atoms with Crippen LogP contribution in [0.1, 0.15) is 38.5 Å². The SMILES string of the molecule is O=C1CC(C(=O)O)CC(=O)C1=C(O)C1CCCC1. The molecule has 2 rings (SSSR count). The number of aliphatic carboxylic acids is 1. The molecule has 2 aliphatic carbocycles. The molecule has 0 aliphatic heterocycles. The Labute approximate surface area is 104 Å². The number of carboxylic acids is 1. The first-order valence-corrected chi connectivity index (χ1v) is 6.23. The molecule has 0 aromatic heterocycles. The van der Waals surface area contributed by atoms with Crippen LogP contribution in [0.4, 0.5) is 0 Å². The Morgan fingerprint density at radius 2 is 1.44 bits per heavy atom. The number of ketones is 2. The predicted octanol–water partition coefficient (Wildman–Crippen LogP) is 1.62. The molecule has 2 fully saturated rings. The average Bonchev–Trinajstić information content (AvgIpc) is 2.80. The number of carbonyl (C=O) groups is 3. The number of hydrogen-bond acceptors (Lipinski definition) is 4. The van der Waals surface area contributed by atoms with Gasteiger partial charge in [-0.2, -0.15) is 0 Å². The topological polar surface area (TPSA) is 91.7 Å². The first kappa shape index (κ1) is 12.8. The van der Waals surface area contributed by atoms with Crippen LogP contribution >= 0.6 is 0 Å². The van der Waals surface area contributed by atoms with E-state index in [1.54, 1.807) is 0 Å². The van der Waals surface area contributed by atoms with Crippen LogP contribution in [0.2, 0.25) is 0 Å². The maximum absolute atomic E-state index is 11.8. The minimum absolute atomic E-state index is 0.103. The summed E-state index contributed by atoms with van der Waals surface area (Å²) in [5, 5.41) is 18.9. The van der Waals surface area contributed by atoms with E-state index in [1.165, 1.54) is 0 Å². The molecule has 2 saturated carbocycles. The van der Waals surface area contributed by atoms with E-state index in [2.05, 4.69) is 0 Å². The van der Waals surface area contributed by atoms with Crippen molar-refractivity contribution in [2.45, 2.75) is 38.5 Å². The lowest BCUT2D eigenvalue weighted by molar-refractivity contribution is -0.146. The minimum atomic E-state index is -1.13. The molecule has 0 atom stereocenters. The van der Waals surface area contributed by atoms with Gasteiger partial charge in [0.05, 0.1) is 11.5 Å². The Morgan fingerprint density at radius 3 is 1.89 bits per heavy atom. The highest BCUT2D eigenvalue weighted by atomic mass is 16.4. The molecular weight excluding hydrogens is 236 g/mol. The summed E-state index contributed by atoms with van der Waals surface area (Å²) in [4.78, 5) is 34.4. The first-order chi connectivity index (χ1) is 8.50. The summed E-state index contributed by atoms with van der Waals surface area (Å²) in [5.41, 5.74) is -0.139. The van der Waals surface area contributed by atoms with Crippen LogP contribution in [-0.4, -0.2) is 27.7 Å². The van der Waals surface area contributed by atoms with Crippen LogP contribution in [0.25, 0.3) is 0 Å². The van der Waals surface area contributed by atoms with Crippen LogP contribution in [-0.2, 0) is 14.4 Å². The van der Waals surface area contributed by atoms with Crippen LogP contribution in [0.15, 0.2) is 11.3 Å². The molecule has 0 aromatic carbocycles. The molecule has 98 valence electrons. The number of Topliss-reactive ketones (excluding diaryl/α,β-unsaturated/α-hetero) is 2. The zero-order valence-electron chi connectivity index (χ0n) is 10.0. The fourth-order valence-corrected chi connectivity index (χ4v) is 2.74. The summed E-state index contributed by atoms with van der Waals surface area (Å²) in [6.45, 7) is 0. The van der Waals surface area contributed by atoms with Crippen molar-refractivity contribution in [3.05, 3.63) is 11.3 Å². The number of allylic oxidation sites excluding steroid dienone is 2. The van der Waals surface area contributed by atoms with Gasteiger partial charge >= 0.3 is 5.97 Å². The summed E-state index contributed by atoms with van der Waals surface area (Å²) in [7, 11) is 0. The van der Waals surface area contributed by atoms with E-state index in [1.807, 2.05) is 0 Å². The Morgan fingerprint density at radius 1 is 0.944 bits per heavy atom. The van der Waals surface area contributed by atoms with Crippen molar-refractivity contribution in [2.24, 2.45) is 11.8 Å². The quantitative estimate of drug-likeness (QED) is 0.442. The summed E-state index contributed by atoms with van der Waals surface area (Å²) in [5.74, 6) is -3.33. The second-order valence-corrected chi connectivity index (χ2v) is 5.03. The van der Waals surface area contributed by atoms with E-state index in [9.17, 15) is 19.5 Å². The number of carbonyl (C=O) groups excluding carboxylic acids is 2. The highest BCUT2D eigenvalue weighted by Crippen LogP contribution is 2.34. The molecule has 0 saturated heterocycles. The lowest BCUT2D eigenvalue weighted by atomic mass is 9.81. The highest BCUT2D eigenvalue weighted by molar-refractivity contribution is 6.23. The van der Waals surface area contributed by atoms with Gasteiger partial charge in [-0.25, -0.2) is 0 Å². The van der Waals surface area contributed by atoms with Gasteiger partial charge in [-0.15, -0.1) is 0 Å². The maximum atomic E-state index is 11.8. The molecule has 0 bridgehead atoms. The van der Waals surface area contributed by atoms with Gasteiger partial charge in [0.1, 0.15) is 5.76 Å². The van der Waals surface area contributed by atoms with Gasteiger partial charge in [0.25, 0.3) is 0 Å². The minimum Gasteiger partial charge on any atom is -0.511 e. The summed E-state index contributed by atoms with van der Waals surface area (Å²) >= 11 is 0. The zero-order chi connectivity index (χ0) is 13.3. The second kappa shape index (κ2) is 4.92. The molecule has 0 aromatic rings. The van der Waals surface area contributed by atoms with Crippen LogP contribution < -0.4 is 0 Å². The van der Waals surface area contributed by atoms with Crippen LogP contribution in [0.5, 0.6) is 0 Å².